The molecule has 8 heteroatoms. The third-order valence-electron chi connectivity index (χ3n) is 4.18. The van der Waals surface area contributed by atoms with Gasteiger partial charge < -0.3 is 4.90 Å². The molecule has 0 aromatic heterocycles. The van der Waals surface area contributed by atoms with Crippen LogP contribution in [0.4, 0.5) is 5.69 Å². The van der Waals surface area contributed by atoms with Crippen molar-refractivity contribution >= 4 is 44.8 Å². The second-order valence-corrected chi connectivity index (χ2v) is 8.93. The van der Waals surface area contributed by atoms with E-state index in [1.807, 2.05) is 12.1 Å². The number of hydrogen-bond acceptors (Lipinski definition) is 3. The Morgan fingerprint density at radius 3 is 2.24 bits per heavy atom. The summed E-state index contributed by atoms with van der Waals surface area (Å²) in [7, 11) is -2.07. The molecule has 0 aliphatic rings. The topological polar surface area (TPSA) is 66.5 Å². The molecule has 0 radical (unpaired) electrons. The van der Waals surface area contributed by atoms with Crippen LogP contribution in [0.1, 0.15) is 15.9 Å². The van der Waals surface area contributed by atoms with Crippen molar-refractivity contribution in [3.8, 4) is 0 Å². The maximum Gasteiger partial charge on any atom is 0.261 e. The predicted octanol–water partition coefficient (Wildman–Crippen LogP) is 5.07. The van der Waals surface area contributed by atoms with E-state index in [2.05, 4.69) is 4.72 Å². The number of benzene rings is 3. The smallest absolute Gasteiger partial charge is 0.261 e. The first-order chi connectivity index (χ1) is 13.8. The summed E-state index contributed by atoms with van der Waals surface area (Å²) >= 11 is 12.1. The first kappa shape index (κ1) is 21.2. The minimum absolute atomic E-state index is 0.138. The molecule has 0 bridgehead atoms. The molecule has 29 heavy (non-hydrogen) atoms. The summed E-state index contributed by atoms with van der Waals surface area (Å²) in [5.74, 6) is -0.276. The molecule has 3 rings (SSSR count). The van der Waals surface area contributed by atoms with Crippen LogP contribution in [0.2, 0.25) is 10.0 Å². The van der Waals surface area contributed by atoms with Crippen molar-refractivity contribution in [1.29, 1.82) is 0 Å². The summed E-state index contributed by atoms with van der Waals surface area (Å²) in [5, 5.41) is 0.783. The summed E-state index contributed by atoms with van der Waals surface area (Å²) in [6, 6.07) is 19.6. The Morgan fingerprint density at radius 2 is 1.62 bits per heavy atom. The largest absolute Gasteiger partial charge is 0.337 e. The van der Waals surface area contributed by atoms with Gasteiger partial charge in [-0.3, -0.25) is 9.52 Å². The second-order valence-electron chi connectivity index (χ2n) is 6.40. The number of sulfonamides is 1. The molecule has 0 saturated heterocycles. The van der Waals surface area contributed by atoms with E-state index in [1.165, 1.54) is 35.2 Å². The Balaban J connectivity index is 1.75. The van der Waals surface area contributed by atoms with Crippen molar-refractivity contribution in [1.82, 2.24) is 4.90 Å². The van der Waals surface area contributed by atoms with Gasteiger partial charge in [-0.1, -0.05) is 53.5 Å². The van der Waals surface area contributed by atoms with Gasteiger partial charge in [0, 0.05) is 18.6 Å². The molecule has 3 aromatic carbocycles. The molecule has 3 aromatic rings. The molecule has 0 saturated carbocycles. The SMILES string of the molecule is CN(Cc1ccc(Cl)cc1)C(=O)c1ccc(NS(=O)(=O)c2ccccc2)cc1Cl. The van der Waals surface area contributed by atoms with Gasteiger partial charge in [0.2, 0.25) is 0 Å². The first-order valence-corrected chi connectivity index (χ1v) is 10.9. The zero-order valence-electron chi connectivity index (χ0n) is 15.5. The van der Waals surface area contributed by atoms with Crippen molar-refractivity contribution in [3.05, 3.63) is 94.0 Å². The van der Waals surface area contributed by atoms with Crippen LogP contribution in [0.5, 0.6) is 0 Å². The zero-order valence-corrected chi connectivity index (χ0v) is 17.8. The highest BCUT2D eigenvalue weighted by atomic mass is 35.5. The number of anilines is 1. The number of hydrogen-bond donors (Lipinski definition) is 1. The van der Waals surface area contributed by atoms with Crippen LogP contribution < -0.4 is 4.72 Å². The fourth-order valence-electron chi connectivity index (χ4n) is 2.71. The number of halogens is 2. The van der Waals surface area contributed by atoms with Gasteiger partial charge in [0.25, 0.3) is 15.9 Å². The lowest BCUT2D eigenvalue weighted by molar-refractivity contribution is 0.0785. The fraction of sp³-hybridized carbons (Fsp3) is 0.0952. The van der Waals surface area contributed by atoms with Crippen LogP contribution in [0.25, 0.3) is 0 Å². The van der Waals surface area contributed by atoms with E-state index in [9.17, 15) is 13.2 Å². The van der Waals surface area contributed by atoms with Crippen molar-refractivity contribution < 1.29 is 13.2 Å². The fourth-order valence-corrected chi connectivity index (χ4v) is 4.16. The second kappa shape index (κ2) is 8.86. The lowest BCUT2D eigenvalue weighted by Gasteiger charge is -2.18. The first-order valence-electron chi connectivity index (χ1n) is 8.63. The molecular formula is C21H18Cl2N2O3S. The molecule has 0 spiro atoms. The normalized spacial score (nSPS) is 11.1. The molecule has 150 valence electrons. The maximum absolute atomic E-state index is 12.7. The van der Waals surface area contributed by atoms with Crippen molar-refractivity contribution in [3.63, 3.8) is 0 Å². The van der Waals surface area contributed by atoms with Crippen LogP contribution >= 0.6 is 23.2 Å². The van der Waals surface area contributed by atoms with Crippen LogP contribution in [0, 0.1) is 0 Å². The highest BCUT2D eigenvalue weighted by Gasteiger charge is 2.18. The van der Waals surface area contributed by atoms with Gasteiger partial charge in [0.1, 0.15) is 0 Å². The van der Waals surface area contributed by atoms with Gasteiger partial charge in [0.15, 0.2) is 0 Å². The average Bonchev–Trinajstić information content (AvgIpc) is 2.70. The van der Waals surface area contributed by atoms with E-state index in [4.69, 9.17) is 23.2 Å². The molecule has 0 atom stereocenters. The third kappa shape index (κ3) is 5.29. The van der Waals surface area contributed by atoms with Gasteiger partial charge in [-0.2, -0.15) is 0 Å². The number of carbonyl (C=O) groups is 1. The van der Waals surface area contributed by atoms with E-state index in [0.717, 1.165) is 5.56 Å². The number of carbonyl (C=O) groups excluding carboxylic acids is 1. The van der Waals surface area contributed by atoms with Gasteiger partial charge in [-0.25, -0.2) is 8.42 Å². The summed E-state index contributed by atoms with van der Waals surface area (Å²) in [5.41, 5.74) is 1.48. The summed E-state index contributed by atoms with van der Waals surface area (Å²) in [6.45, 7) is 0.384. The number of rotatable bonds is 6. The predicted molar refractivity (Wildman–Crippen MR) is 116 cm³/mol. The lowest BCUT2D eigenvalue weighted by Crippen LogP contribution is -2.26. The summed E-state index contributed by atoms with van der Waals surface area (Å²) < 4.78 is 27.3. The van der Waals surface area contributed by atoms with E-state index < -0.39 is 10.0 Å². The maximum atomic E-state index is 12.7. The molecule has 1 amide bonds. The quantitative estimate of drug-likeness (QED) is 0.572. The van der Waals surface area contributed by atoms with Crippen LogP contribution in [0.3, 0.4) is 0 Å². The Labute approximate surface area is 179 Å². The van der Waals surface area contributed by atoms with Crippen LogP contribution in [-0.4, -0.2) is 26.3 Å². The van der Waals surface area contributed by atoms with Gasteiger partial charge in [0.05, 0.1) is 21.2 Å². The standard InChI is InChI=1S/C21H18Cl2N2O3S/c1-25(14-15-7-9-16(22)10-8-15)21(26)19-12-11-17(13-20(19)23)24-29(27,28)18-5-3-2-4-6-18/h2-13,24H,14H2,1H3. The molecule has 0 aliphatic heterocycles. The number of nitrogens with zero attached hydrogens (tertiary/aromatic N) is 1. The van der Waals surface area contributed by atoms with Gasteiger partial charge >= 0.3 is 0 Å². The molecule has 0 aliphatic carbocycles. The van der Waals surface area contributed by atoms with E-state index in [1.54, 1.807) is 37.4 Å². The number of amides is 1. The number of nitrogens with one attached hydrogen (secondary N) is 1. The Kier molecular flexibility index (Phi) is 6.47. The molecule has 0 heterocycles. The lowest BCUT2D eigenvalue weighted by atomic mass is 10.1. The third-order valence-corrected chi connectivity index (χ3v) is 6.15. The van der Waals surface area contributed by atoms with Crippen molar-refractivity contribution in [2.45, 2.75) is 11.4 Å². The molecule has 0 unspecified atom stereocenters. The minimum Gasteiger partial charge on any atom is -0.337 e. The highest BCUT2D eigenvalue weighted by Crippen LogP contribution is 2.25. The van der Waals surface area contributed by atoms with Crippen LogP contribution in [-0.2, 0) is 16.6 Å². The van der Waals surface area contributed by atoms with Crippen molar-refractivity contribution in [2.24, 2.45) is 0 Å². The van der Waals surface area contributed by atoms with E-state index in [-0.39, 0.29) is 27.1 Å². The van der Waals surface area contributed by atoms with Gasteiger partial charge in [-0.15, -0.1) is 0 Å². The van der Waals surface area contributed by atoms with E-state index >= 15 is 0 Å². The summed E-state index contributed by atoms with van der Waals surface area (Å²) in [4.78, 5) is 14.4. The summed E-state index contributed by atoms with van der Waals surface area (Å²) in [6.07, 6.45) is 0. The Bertz CT molecular complexity index is 1120. The molecule has 1 N–H and O–H groups in total. The highest BCUT2D eigenvalue weighted by molar-refractivity contribution is 7.92. The van der Waals surface area contributed by atoms with E-state index in [0.29, 0.717) is 11.6 Å². The average molecular weight is 449 g/mol. The molecular weight excluding hydrogens is 431 g/mol. The Morgan fingerprint density at radius 1 is 0.966 bits per heavy atom. The van der Waals surface area contributed by atoms with Crippen LogP contribution in [0.15, 0.2) is 77.7 Å². The zero-order chi connectivity index (χ0) is 21.0. The molecule has 5 nitrogen and oxygen atoms in total. The molecule has 0 fully saturated rings. The monoisotopic (exact) mass is 448 g/mol. The minimum atomic E-state index is -3.74. The Hall–Kier alpha value is -2.54. The van der Waals surface area contributed by atoms with Gasteiger partial charge in [-0.05, 0) is 48.0 Å². The van der Waals surface area contributed by atoms with Crippen molar-refractivity contribution in [2.75, 3.05) is 11.8 Å².